The number of rotatable bonds is 9. The number of alkyl halides is 3. The van der Waals surface area contributed by atoms with Gasteiger partial charge in [0.25, 0.3) is 0 Å². The van der Waals surface area contributed by atoms with Crippen molar-refractivity contribution < 1.29 is 36.2 Å². The lowest BCUT2D eigenvalue weighted by Crippen LogP contribution is -2.41. The third-order valence-electron chi connectivity index (χ3n) is 6.45. The maximum absolute atomic E-state index is 13.0. The smallest absolute Gasteiger partial charge is 0.475 e. The second kappa shape index (κ2) is 13.7. The average Bonchev–Trinajstić information content (AvgIpc) is 3.67. The summed E-state index contributed by atoms with van der Waals surface area (Å²) in [6.07, 6.45) is 1.83. The van der Waals surface area contributed by atoms with Crippen LogP contribution >= 0.6 is 0 Å². The van der Waals surface area contributed by atoms with Crippen LogP contribution < -0.4 is 4.72 Å². The minimum Gasteiger partial charge on any atom is -0.475 e. The first-order chi connectivity index (χ1) is 20.5. The molecule has 0 radical (unpaired) electrons. The number of nitrogens with zero attached hydrogens (tertiary/aromatic N) is 6. The van der Waals surface area contributed by atoms with Gasteiger partial charge >= 0.3 is 12.1 Å². The number of carbonyl (C=O) groups is 1. The van der Waals surface area contributed by atoms with Gasteiger partial charge in [-0.1, -0.05) is 12.1 Å². The molecule has 43 heavy (non-hydrogen) atoms. The fourth-order valence-corrected chi connectivity index (χ4v) is 5.39. The zero-order chi connectivity index (χ0) is 31.0. The van der Waals surface area contributed by atoms with E-state index in [1.165, 1.54) is 6.33 Å². The number of aromatic nitrogens is 5. The number of benzene rings is 1. The minimum absolute atomic E-state index is 0.123. The molecule has 13 nitrogen and oxygen atoms in total. The van der Waals surface area contributed by atoms with Gasteiger partial charge in [-0.05, 0) is 23.8 Å². The Kier molecular flexibility index (Phi) is 10.1. The first kappa shape index (κ1) is 31.6. The molecular formula is C26H27F3N8O5S. The molecule has 17 heteroatoms. The van der Waals surface area contributed by atoms with E-state index in [1.54, 1.807) is 35.3 Å². The number of carboxylic acids is 1. The van der Waals surface area contributed by atoms with Crippen molar-refractivity contribution in [3.8, 4) is 17.3 Å². The van der Waals surface area contributed by atoms with Crippen LogP contribution in [0.1, 0.15) is 18.0 Å². The van der Waals surface area contributed by atoms with Gasteiger partial charge in [-0.15, -0.1) is 0 Å². The number of aromatic amines is 1. The lowest BCUT2D eigenvalue weighted by molar-refractivity contribution is -0.192. The Bertz CT molecular complexity index is 1690. The van der Waals surface area contributed by atoms with Crippen molar-refractivity contribution >= 4 is 27.0 Å². The van der Waals surface area contributed by atoms with Gasteiger partial charge in [-0.3, -0.25) is 9.58 Å². The van der Waals surface area contributed by atoms with Crippen LogP contribution in [0.3, 0.4) is 0 Å². The van der Waals surface area contributed by atoms with Crippen LogP contribution in [0.25, 0.3) is 22.3 Å². The number of nitriles is 1. The summed E-state index contributed by atoms with van der Waals surface area (Å²) in [5, 5.41) is 22.0. The Morgan fingerprint density at radius 2 is 1.98 bits per heavy atom. The fraction of sp³-hybridized carbons (Fsp3) is 0.346. The molecule has 0 saturated carbocycles. The number of morpholine rings is 1. The molecule has 1 aliphatic rings. The number of carboxylic acid groups (broad SMARTS) is 1. The predicted molar refractivity (Wildman–Crippen MR) is 146 cm³/mol. The summed E-state index contributed by atoms with van der Waals surface area (Å²) in [5.74, 6) is -2.76. The second-order valence-corrected chi connectivity index (χ2v) is 11.0. The first-order valence-corrected chi connectivity index (χ1v) is 14.4. The number of sulfonamides is 1. The van der Waals surface area contributed by atoms with Crippen molar-refractivity contribution in [3.05, 3.63) is 60.8 Å². The van der Waals surface area contributed by atoms with Gasteiger partial charge in [0.05, 0.1) is 48.5 Å². The van der Waals surface area contributed by atoms with Crippen LogP contribution in [-0.2, 0) is 19.6 Å². The molecule has 228 valence electrons. The van der Waals surface area contributed by atoms with Gasteiger partial charge in [0, 0.05) is 49.5 Å². The molecule has 5 rings (SSSR count). The molecule has 0 aliphatic carbocycles. The van der Waals surface area contributed by atoms with E-state index in [-0.39, 0.29) is 11.3 Å². The molecule has 1 saturated heterocycles. The minimum atomic E-state index is -5.08. The Hall–Kier alpha value is -4.37. The van der Waals surface area contributed by atoms with Gasteiger partial charge in [0.15, 0.2) is 0 Å². The quantitative estimate of drug-likeness (QED) is 0.252. The number of H-pyrrole nitrogens is 1. The van der Waals surface area contributed by atoms with Crippen molar-refractivity contribution in [2.75, 3.05) is 39.4 Å². The third-order valence-corrected chi connectivity index (χ3v) is 7.91. The van der Waals surface area contributed by atoms with Gasteiger partial charge in [-0.2, -0.15) is 23.5 Å². The van der Waals surface area contributed by atoms with E-state index in [1.807, 2.05) is 18.3 Å². The number of aliphatic carboxylic acids is 1. The molecule has 1 aromatic carbocycles. The van der Waals surface area contributed by atoms with Crippen molar-refractivity contribution in [3.63, 3.8) is 0 Å². The van der Waals surface area contributed by atoms with E-state index < -0.39 is 28.2 Å². The molecular weight excluding hydrogens is 593 g/mol. The van der Waals surface area contributed by atoms with Crippen molar-refractivity contribution in [2.45, 2.75) is 23.5 Å². The zero-order valence-corrected chi connectivity index (χ0v) is 23.3. The molecule has 3 N–H and O–H groups in total. The summed E-state index contributed by atoms with van der Waals surface area (Å²) in [6, 6.07) is 10.3. The maximum atomic E-state index is 13.0. The van der Waals surface area contributed by atoms with Crippen molar-refractivity contribution in [1.29, 1.82) is 5.26 Å². The molecule has 1 aliphatic heterocycles. The standard InChI is InChI=1S/C24H26N8O3S.C2HF3O2/c25-6-4-22(32-16-19(15-29-32)23-21-5-7-26-24(21)28-17-27-23)18-2-1-3-20(14-18)36(33,34)30-8-9-31-10-12-35-13-11-31;3-2(4,5)1(6)7/h1-3,5,7,14-17,22,30H,4,8-13H2,(H,26,27,28);(H,6,7). The molecule has 0 spiro atoms. The highest BCUT2D eigenvalue weighted by molar-refractivity contribution is 7.89. The third kappa shape index (κ3) is 8.14. The van der Waals surface area contributed by atoms with E-state index in [2.05, 4.69) is 35.7 Å². The van der Waals surface area contributed by atoms with Crippen molar-refractivity contribution in [2.24, 2.45) is 0 Å². The monoisotopic (exact) mass is 620 g/mol. The maximum Gasteiger partial charge on any atom is 0.490 e. The van der Waals surface area contributed by atoms with Crippen LogP contribution in [0.5, 0.6) is 0 Å². The number of fused-ring (bicyclic) bond motifs is 1. The molecule has 0 bridgehead atoms. The summed E-state index contributed by atoms with van der Waals surface area (Å²) < 4.78 is 67.4. The average molecular weight is 621 g/mol. The van der Waals surface area contributed by atoms with Crippen LogP contribution in [0.4, 0.5) is 13.2 Å². The molecule has 3 aromatic heterocycles. The SMILES string of the molecule is N#CCC(c1cccc(S(=O)(=O)NCCN2CCOCC2)c1)n1cc(-c2ncnc3[nH]ccc23)cn1.O=C(O)C(F)(F)F. The van der Waals surface area contributed by atoms with Crippen LogP contribution in [0.2, 0.25) is 0 Å². The molecule has 4 aromatic rings. The molecule has 1 atom stereocenters. The normalized spacial score (nSPS) is 14.9. The highest BCUT2D eigenvalue weighted by Crippen LogP contribution is 2.28. The van der Waals surface area contributed by atoms with Crippen LogP contribution in [0.15, 0.2) is 60.1 Å². The lowest BCUT2D eigenvalue weighted by atomic mass is 10.0. The van der Waals surface area contributed by atoms with Gasteiger partial charge in [-0.25, -0.2) is 27.9 Å². The highest BCUT2D eigenvalue weighted by atomic mass is 32.2. The molecule has 0 amide bonds. The lowest BCUT2D eigenvalue weighted by Gasteiger charge is -2.26. The van der Waals surface area contributed by atoms with Gasteiger partial charge in [0.1, 0.15) is 12.0 Å². The van der Waals surface area contributed by atoms with Crippen LogP contribution in [0, 0.1) is 11.3 Å². The van der Waals surface area contributed by atoms with E-state index in [4.69, 9.17) is 14.6 Å². The Morgan fingerprint density at radius 3 is 2.67 bits per heavy atom. The zero-order valence-electron chi connectivity index (χ0n) is 22.5. The first-order valence-electron chi connectivity index (χ1n) is 12.9. The molecule has 1 unspecified atom stereocenters. The summed E-state index contributed by atoms with van der Waals surface area (Å²) in [4.78, 5) is 22.9. The number of hydrogen-bond acceptors (Lipinski definition) is 9. The Balaban J connectivity index is 0.000000541. The number of nitrogens with one attached hydrogen (secondary N) is 2. The molecule has 4 heterocycles. The fourth-order valence-electron chi connectivity index (χ4n) is 4.32. The number of halogens is 3. The summed E-state index contributed by atoms with van der Waals surface area (Å²) in [5.41, 5.74) is 2.90. The van der Waals surface area contributed by atoms with E-state index in [0.717, 1.165) is 35.4 Å². The Morgan fingerprint density at radius 1 is 1.23 bits per heavy atom. The topological polar surface area (TPSA) is 179 Å². The summed E-state index contributed by atoms with van der Waals surface area (Å²) in [6.45, 7) is 3.85. The number of hydrogen-bond donors (Lipinski definition) is 3. The van der Waals surface area contributed by atoms with E-state index in [9.17, 15) is 26.9 Å². The van der Waals surface area contributed by atoms with Gasteiger partial charge in [0.2, 0.25) is 10.0 Å². The summed E-state index contributed by atoms with van der Waals surface area (Å²) in [7, 11) is -3.71. The predicted octanol–water partition coefficient (Wildman–Crippen LogP) is 2.57. The highest BCUT2D eigenvalue weighted by Gasteiger charge is 2.38. The van der Waals surface area contributed by atoms with Crippen LogP contribution in [-0.4, -0.2) is 94.7 Å². The molecule has 1 fully saturated rings. The second-order valence-electron chi connectivity index (χ2n) is 9.28. The van der Waals surface area contributed by atoms with E-state index >= 15 is 0 Å². The Labute approximate surface area is 244 Å². The van der Waals surface area contributed by atoms with Crippen molar-refractivity contribution in [1.82, 2.24) is 34.4 Å². The number of ether oxygens (including phenoxy) is 1. The van der Waals surface area contributed by atoms with E-state index in [0.29, 0.717) is 31.9 Å². The largest absolute Gasteiger partial charge is 0.490 e. The van der Waals surface area contributed by atoms with Gasteiger partial charge < -0.3 is 14.8 Å². The summed E-state index contributed by atoms with van der Waals surface area (Å²) >= 11 is 0.